The zero-order chi connectivity index (χ0) is 9.14. The van der Waals surface area contributed by atoms with Crippen LogP contribution < -0.4 is 11.5 Å². The summed E-state index contributed by atoms with van der Waals surface area (Å²) in [4.78, 5) is 0. The average Bonchev–Trinajstić information content (AvgIpc) is 2.08. The lowest BCUT2D eigenvalue weighted by Crippen LogP contribution is -2.10. The third-order valence-electron chi connectivity index (χ3n) is 2.02. The maximum Gasteiger partial charge on any atom is 0.128 e. The SMILES string of the molecule is Cc1ccc(F)c(CN)c1CN. The van der Waals surface area contributed by atoms with Gasteiger partial charge >= 0.3 is 0 Å². The molecular weight excluding hydrogens is 155 g/mol. The largest absolute Gasteiger partial charge is 0.326 e. The molecule has 0 atom stereocenters. The molecule has 0 heterocycles. The first-order valence-corrected chi connectivity index (χ1v) is 3.87. The van der Waals surface area contributed by atoms with Gasteiger partial charge in [-0.15, -0.1) is 0 Å². The second-order valence-electron chi connectivity index (χ2n) is 2.73. The number of aryl methyl sites for hydroxylation is 1. The van der Waals surface area contributed by atoms with Crippen LogP contribution in [0, 0.1) is 12.7 Å². The molecule has 0 saturated carbocycles. The molecule has 0 spiro atoms. The first-order chi connectivity index (χ1) is 5.70. The Bertz CT molecular complexity index is 255. The Morgan fingerprint density at radius 2 is 1.75 bits per heavy atom. The van der Waals surface area contributed by atoms with Gasteiger partial charge in [-0.25, -0.2) is 4.39 Å². The molecule has 2 nitrogen and oxygen atoms in total. The van der Waals surface area contributed by atoms with Crippen molar-refractivity contribution in [3.05, 3.63) is 34.6 Å². The molecule has 66 valence electrons. The predicted octanol–water partition coefficient (Wildman–Crippen LogP) is 1.05. The van der Waals surface area contributed by atoms with Gasteiger partial charge in [-0.05, 0) is 24.1 Å². The summed E-state index contributed by atoms with van der Waals surface area (Å²) >= 11 is 0. The topological polar surface area (TPSA) is 52.0 Å². The van der Waals surface area contributed by atoms with Gasteiger partial charge in [0.15, 0.2) is 0 Å². The lowest BCUT2D eigenvalue weighted by Gasteiger charge is -2.09. The van der Waals surface area contributed by atoms with E-state index in [1.165, 1.54) is 6.07 Å². The van der Waals surface area contributed by atoms with E-state index in [1.54, 1.807) is 6.07 Å². The Balaban J connectivity index is 3.28. The molecule has 1 aromatic rings. The zero-order valence-electron chi connectivity index (χ0n) is 7.10. The van der Waals surface area contributed by atoms with Gasteiger partial charge in [-0.2, -0.15) is 0 Å². The minimum Gasteiger partial charge on any atom is -0.326 e. The van der Waals surface area contributed by atoms with Gasteiger partial charge in [0, 0.05) is 18.7 Å². The number of nitrogens with two attached hydrogens (primary N) is 2. The monoisotopic (exact) mass is 168 g/mol. The summed E-state index contributed by atoms with van der Waals surface area (Å²) < 4.78 is 13.1. The molecule has 0 aromatic heterocycles. The van der Waals surface area contributed by atoms with Crippen LogP contribution in [0.2, 0.25) is 0 Å². The Morgan fingerprint density at radius 3 is 2.17 bits per heavy atom. The molecular formula is C9H13FN2. The van der Waals surface area contributed by atoms with Gasteiger partial charge < -0.3 is 11.5 Å². The number of benzene rings is 1. The lowest BCUT2D eigenvalue weighted by molar-refractivity contribution is 0.606. The maximum atomic E-state index is 13.1. The minimum atomic E-state index is -0.261. The molecule has 0 bridgehead atoms. The molecule has 1 aromatic carbocycles. The molecule has 0 aliphatic heterocycles. The van der Waals surface area contributed by atoms with Crippen LogP contribution in [0.1, 0.15) is 16.7 Å². The van der Waals surface area contributed by atoms with Crippen molar-refractivity contribution in [3.8, 4) is 0 Å². The summed E-state index contributed by atoms with van der Waals surface area (Å²) in [5, 5.41) is 0. The standard InChI is InChI=1S/C9H13FN2/c1-6-2-3-9(10)8(5-12)7(6)4-11/h2-3H,4-5,11-12H2,1H3. The smallest absolute Gasteiger partial charge is 0.128 e. The molecule has 0 aliphatic carbocycles. The van der Waals surface area contributed by atoms with Crippen LogP contribution in [-0.4, -0.2) is 0 Å². The second kappa shape index (κ2) is 3.65. The molecule has 4 N–H and O–H groups in total. The Kier molecular flexibility index (Phi) is 2.78. The zero-order valence-corrected chi connectivity index (χ0v) is 7.10. The highest BCUT2D eigenvalue weighted by Gasteiger charge is 2.07. The first-order valence-electron chi connectivity index (χ1n) is 3.87. The predicted molar refractivity (Wildman–Crippen MR) is 46.9 cm³/mol. The van der Waals surface area contributed by atoms with E-state index >= 15 is 0 Å². The molecule has 12 heavy (non-hydrogen) atoms. The number of rotatable bonds is 2. The Morgan fingerprint density at radius 1 is 1.17 bits per heavy atom. The molecule has 0 amide bonds. The van der Waals surface area contributed by atoms with Gasteiger partial charge in [0.2, 0.25) is 0 Å². The second-order valence-corrected chi connectivity index (χ2v) is 2.73. The van der Waals surface area contributed by atoms with Gasteiger partial charge in [0.05, 0.1) is 0 Å². The highest BCUT2D eigenvalue weighted by Crippen LogP contribution is 2.16. The summed E-state index contributed by atoms with van der Waals surface area (Å²) in [7, 11) is 0. The molecule has 0 unspecified atom stereocenters. The van der Waals surface area contributed by atoms with E-state index in [0.717, 1.165) is 11.1 Å². The first kappa shape index (κ1) is 9.16. The molecule has 0 fully saturated rings. The van der Waals surface area contributed by atoms with Gasteiger partial charge in [0.25, 0.3) is 0 Å². The molecule has 1 rings (SSSR count). The summed E-state index contributed by atoms with van der Waals surface area (Å²) in [6.07, 6.45) is 0. The van der Waals surface area contributed by atoms with E-state index < -0.39 is 0 Å². The normalized spacial score (nSPS) is 10.3. The van der Waals surface area contributed by atoms with E-state index in [4.69, 9.17) is 11.5 Å². The van der Waals surface area contributed by atoms with Crippen LogP contribution in [-0.2, 0) is 13.1 Å². The van der Waals surface area contributed by atoms with Crippen molar-refractivity contribution in [1.29, 1.82) is 0 Å². The summed E-state index contributed by atoms with van der Waals surface area (Å²) in [6.45, 7) is 2.46. The van der Waals surface area contributed by atoms with Crippen LogP contribution in [0.3, 0.4) is 0 Å². The van der Waals surface area contributed by atoms with Crippen LogP contribution in [0.15, 0.2) is 12.1 Å². The molecule has 0 aliphatic rings. The number of halogens is 1. The third kappa shape index (κ3) is 1.47. The van der Waals surface area contributed by atoms with Crippen molar-refractivity contribution in [2.45, 2.75) is 20.0 Å². The van der Waals surface area contributed by atoms with Crippen molar-refractivity contribution < 1.29 is 4.39 Å². The van der Waals surface area contributed by atoms with Crippen LogP contribution in [0.25, 0.3) is 0 Å². The fourth-order valence-electron chi connectivity index (χ4n) is 1.29. The van der Waals surface area contributed by atoms with Crippen LogP contribution in [0.5, 0.6) is 0 Å². The molecule has 0 saturated heterocycles. The third-order valence-corrected chi connectivity index (χ3v) is 2.02. The summed E-state index contributed by atoms with van der Waals surface area (Å²) in [6, 6.07) is 3.15. The van der Waals surface area contributed by atoms with E-state index in [-0.39, 0.29) is 12.4 Å². The highest BCUT2D eigenvalue weighted by molar-refractivity contribution is 5.35. The Labute approximate surface area is 71.4 Å². The lowest BCUT2D eigenvalue weighted by atomic mass is 10.0. The van der Waals surface area contributed by atoms with E-state index in [9.17, 15) is 4.39 Å². The molecule has 0 radical (unpaired) electrons. The summed E-state index contributed by atoms with van der Waals surface area (Å²) in [5.74, 6) is -0.261. The van der Waals surface area contributed by atoms with E-state index in [1.807, 2.05) is 6.92 Å². The van der Waals surface area contributed by atoms with Crippen LogP contribution in [0.4, 0.5) is 4.39 Å². The van der Waals surface area contributed by atoms with E-state index in [0.29, 0.717) is 12.1 Å². The number of hydrogen-bond donors (Lipinski definition) is 2. The fraction of sp³-hybridized carbons (Fsp3) is 0.333. The molecule has 3 heteroatoms. The Hall–Kier alpha value is -0.930. The number of hydrogen-bond acceptors (Lipinski definition) is 2. The minimum absolute atomic E-state index is 0.208. The highest BCUT2D eigenvalue weighted by atomic mass is 19.1. The van der Waals surface area contributed by atoms with Crippen molar-refractivity contribution >= 4 is 0 Å². The maximum absolute atomic E-state index is 13.1. The fourth-order valence-corrected chi connectivity index (χ4v) is 1.29. The average molecular weight is 168 g/mol. The van der Waals surface area contributed by atoms with Crippen molar-refractivity contribution in [3.63, 3.8) is 0 Å². The van der Waals surface area contributed by atoms with E-state index in [2.05, 4.69) is 0 Å². The van der Waals surface area contributed by atoms with Crippen molar-refractivity contribution in [1.82, 2.24) is 0 Å². The van der Waals surface area contributed by atoms with Crippen molar-refractivity contribution in [2.75, 3.05) is 0 Å². The van der Waals surface area contributed by atoms with Gasteiger partial charge in [-0.3, -0.25) is 0 Å². The summed E-state index contributed by atoms with van der Waals surface area (Å²) in [5.41, 5.74) is 13.2. The van der Waals surface area contributed by atoms with Crippen molar-refractivity contribution in [2.24, 2.45) is 11.5 Å². The quantitative estimate of drug-likeness (QED) is 0.693. The van der Waals surface area contributed by atoms with Crippen LogP contribution >= 0.6 is 0 Å². The van der Waals surface area contributed by atoms with Gasteiger partial charge in [0.1, 0.15) is 5.82 Å². The van der Waals surface area contributed by atoms with Gasteiger partial charge in [-0.1, -0.05) is 6.07 Å².